The van der Waals surface area contributed by atoms with E-state index in [0.717, 1.165) is 5.56 Å². The van der Waals surface area contributed by atoms with E-state index in [1.165, 1.54) is 0 Å². The number of hydrogen-bond acceptors (Lipinski definition) is 4. The highest BCUT2D eigenvalue weighted by Crippen LogP contribution is 2.03. The van der Waals surface area contributed by atoms with E-state index in [-0.39, 0.29) is 24.6 Å². The molecule has 0 fully saturated rings. The van der Waals surface area contributed by atoms with Gasteiger partial charge in [-0.05, 0) is 18.9 Å². The summed E-state index contributed by atoms with van der Waals surface area (Å²) in [6, 6.07) is 9.67. The lowest BCUT2D eigenvalue weighted by molar-refractivity contribution is -0.115. The summed E-state index contributed by atoms with van der Waals surface area (Å²) >= 11 is 0. The number of benzene rings is 1. The average Bonchev–Trinajstić information content (AvgIpc) is 2.86. The minimum Gasteiger partial charge on any atom is -0.394 e. The number of aliphatic imine (C=N–C) groups is 1. The normalized spacial score (nSPS) is 19.5. The number of carbonyl (C=O) groups excluding carboxylic acids is 1. The quantitative estimate of drug-likeness (QED) is 0.703. The van der Waals surface area contributed by atoms with Crippen LogP contribution in [0.5, 0.6) is 0 Å². The van der Waals surface area contributed by atoms with Crippen LogP contribution >= 0.6 is 0 Å². The molecular formula is C14H19N3O2. The fraction of sp³-hybridized carbons (Fsp3) is 0.429. The van der Waals surface area contributed by atoms with E-state index in [2.05, 4.69) is 15.6 Å². The Morgan fingerprint density at radius 3 is 2.84 bits per heavy atom. The van der Waals surface area contributed by atoms with Gasteiger partial charge in [-0.25, -0.2) is 0 Å². The highest BCUT2D eigenvalue weighted by atomic mass is 16.3. The van der Waals surface area contributed by atoms with E-state index >= 15 is 0 Å². The van der Waals surface area contributed by atoms with E-state index in [4.69, 9.17) is 0 Å². The fourth-order valence-corrected chi connectivity index (χ4v) is 2.00. The second-order valence-electron chi connectivity index (χ2n) is 4.78. The average molecular weight is 261 g/mol. The zero-order valence-electron chi connectivity index (χ0n) is 11.0. The molecule has 1 heterocycles. The lowest BCUT2D eigenvalue weighted by Gasteiger charge is -2.16. The van der Waals surface area contributed by atoms with Gasteiger partial charge in [-0.1, -0.05) is 30.3 Å². The Morgan fingerprint density at radius 1 is 1.53 bits per heavy atom. The third-order valence-corrected chi connectivity index (χ3v) is 3.00. The molecule has 3 N–H and O–H groups in total. The number of nitrogens with one attached hydrogen (secondary N) is 2. The molecule has 0 spiro atoms. The van der Waals surface area contributed by atoms with E-state index < -0.39 is 0 Å². The van der Waals surface area contributed by atoms with Crippen LogP contribution in [0.3, 0.4) is 0 Å². The summed E-state index contributed by atoms with van der Waals surface area (Å²) in [6.45, 7) is 2.49. The molecule has 102 valence electrons. The van der Waals surface area contributed by atoms with Gasteiger partial charge >= 0.3 is 0 Å². The van der Waals surface area contributed by atoms with Gasteiger partial charge in [0, 0.05) is 6.04 Å². The molecule has 0 bridgehead atoms. The van der Waals surface area contributed by atoms with Crippen molar-refractivity contribution >= 4 is 11.7 Å². The molecule has 0 aromatic heterocycles. The van der Waals surface area contributed by atoms with Gasteiger partial charge in [-0.3, -0.25) is 9.79 Å². The number of aliphatic hydroxyl groups excluding tert-OH is 1. The number of amides is 1. The van der Waals surface area contributed by atoms with Crippen molar-refractivity contribution in [3.63, 3.8) is 0 Å². The minimum atomic E-state index is -0.296. The molecule has 1 amide bonds. The van der Waals surface area contributed by atoms with Crippen LogP contribution in [0, 0.1) is 0 Å². The van der Waals surface area contributed by atoms with Crippen molar-refractivity contribution in [1.29, 1.82) is 0 Å². The number of aliphatic hydroxyl groups is 1. The molecule has 2 atom stereocenters. The van der Waals surface area contributed by atoms with Gasteiger partial charge in [-0.2, -0.15) is 0 Å². The van der Waals surface area contributed by atoms with Gasteiger partial charge in [0.1, 0.15) is 0 Å². The maximum absolute atomic E-state index is 11.9. The standard InChI is InChI=1S/C14H19N3O2/c1-10-8-15-13(16-10)14(19)17-12(9-18)7-11-5-3-2-4-6-11/h2-6,10,12,18H,7-9H2,1H3,(H,15,16)(H,17,19). The molecule has 2 unspecified atom stereocenters. The molecule has 19 heavy (non-hydrogen) atoms. The van der Waals surface area contributed by atoms with Gasteiger partial charge in [0.25, 0.3) is 5.91 Å². The van der Waals surface area contributed by atoms with Crippen LogP contribution in [0.2, 0.25) is 0 Å². The summed E-state index contributed by atoms with van der Waals surface area (Å²) in [5.74, 6) is 0.110. The second-order valence-corrected chi connectivity index (χ2v) is 4.78. The first kappa shape index (κ1) is 13.5. The second kappa shape index (κ2) is 6.33. The van der Waals surface area contributed by atoms with Crippen molar-refractivity contribution in [3.05, 3.63) is 35.9 Å². The zero-order valence-corrected chi connectivity index (χ0v) is 11.0. The SMILES string of the molecule is CC1CN=C(C(=O)NC(CO)Cc2ccccc2)N1. The lowest BCUT2D eigenvalue weighted by atomic mass is 10.1. The molecule has 2 rings (SSSR count). The Bertz CT molecular complexity index is 459. The number of amidine groups is 1. The van der Waals surface area contributed by atoms with Gasteiger partial charge in [0.05, 0.1) is 19.2 Å². The first-order chi connectivity index (χ1) is 9.19. The van der Waals surface area contributed by atoms with Crippen molar-refractivity contribution < 1.29 is 9.90 Å². The van der Waals surface area contributed by atoms with Crippen molar-refractivity contribution in [2.75, 3.05) is 13.2 Å². The fourth-order valence-electron chi connectivity index (χ4n) is 2.00. The maximum Gasteiger partial charge on any atom is 0.286 e. The molecule has 5 nitrogen and oxygen atoms in total. The van der Waals surface area contributed by atoms with Crippen LogP contribution in [0.15, 0.2) is 35.3 Å². The van der Waals surface area contributed by atoms with Gasteiger partial charge in [0.15, 0.2) is 5.84 Å². The molecule has 0 radical (unpaired) electrons. The third-order valence-electron chi connectivity index (χ3n) is 3.00. The van der Waals surface area contributed by atoms with E-state index in [1.807, 2.05) is 37.3 Å². The van der Waals surface area contributed by atoms with Crippen LogP contribution in [0.1, 0.15) is 12.5 Å². The first-order valence-electron chi connectivity index (χ1n) is 6.45. The minimum absolute atomic E-state index is 0.0938. The number of rotatable bonds is 5. The van der Waals surface area contributed by atoms with Crippen LogP contribution in [-0.2, 0) is 11.2 Å². The van der Waals surface area contributed by atoms with E-state index in [9.17, 15) is 9.90 Å². The lowest BCUT2D eigenvalue weighted by Crippen LogP contribution is -2.46. The van der Waals surface area contributed by atoms with Crippen LogP contribution in [-0.4, -0.2) is 42.1 Å². The Balaban J connectivity index is 1.90. The Morgan fingerprint density at radius 2 is 2.26 bits per heavy atom. The van der Waals surface area contributed by atoms with Crippen molar-refractivity contribution in [2.45, 2.75) is 25.4 Å². The molecule has 0 saturated heterocycles. The third kappa shape index (κ3) is 3.79. The summed E-state index contributed by atoms with van der Waals surface area (Å²) in [5.41, 5.74) is 1.08. The largest absolute Gasteiger partial charge is 0.394 e. The summed E-state index contributed by atoms with van der Waals surface area (Å²) in [7, 11) is 0. The predicted molar refractivity (Wildman–Crippen MR) is 74.1 cm³/mol. The Kier molecular flexibility index (Phi) is 4.52. The number of nitrogens with zero attached hydrogens (tertiary/aromatic N) is 1. The van der Waals surface area contributed by atoms with Crippen molar-refractivity contribution in [1.82, 2.24) is 10.6 Å². The van der Waals surface area contributed by atoms with Gasteiger partial charge < -0.3 is 15.7 Å². The van der Waals surface area contributed by atoms with Crippen molar-refractivity contribution in [2.24, 2.45) is 4.99 Å². The van der Waals surface area contributed by atoms with Crippen LogP contribution in [0.25, 0.3) is 0 Å². The Hall–Kier alpha value is -1.88. The molecule has 1 aliphatic heterocycles. The van der Waals surface area contributed by atoms with Gasteiger partial charge in [-0.15, -0.1) is 0 Å². The predicted octanol–water partition coefficient (Wildman–Crippen LogP) is 0.0964. The van der Waals surface area contributed by atoms with Crippen LogP contribution in [0.4, 0.5) is 0 Å². The smallest absolute Gasteiger partial charge is 0.286 e. The highest BCUT2D eigenvalue weighted by Gasteiger charge is 2.21. The summed E-state index contributed by atoms with van der Waals surface area (Å²) in [6.07, 6.45) is 0.603. The molecule has 1 aliphatic rings. The molecule has 1 aromatic carbocycles. The highest BCUT2D eigenvalue weighted by molar-refractivity contribution is 6.38. The van der Waals surface area contributed by atoms with E-state index in [0.29, 0.717) is 18.8 Å². The molecule has 0 aliphatic carbocycles. The first-order valence-corrected chi connectivity index (χ1v) is 6.45. The van der Waals surface area contributed by atoms with Crippen LogP contribution < -0.4 is 10.6 Å². The molecule has 5 heteroatoms. The topological polar surface area (TPSA) is 73.7 Å². The summed E-state index contributed by atoms with van der Waals surface area (Å²) < 4.78 is 0. The number of hydrogen-bond donors (Lipinski definition) is 3. The Labute approximate surface area is 112 Å². The molecular weight excluding hydrogens is 242 g/mol. The molecule has 1 aromatic rings. The van der Waals surface area contributed by atoms with E-state index in [1.54, 1.807) is 0 Å². The summed E-state index contributed by atoms with van der Waals surface area (Å²) in [4.78, 5) is 16.1. The summed E-state index contributed by atoms with van der Waals surface area (Å²) in [5, 5.41) is 15.2. The van der Waals surface area contributed by atoms with Crippen molar-refractivity contribution in [3.8, 4) is 0 Å². The zero-order chi connectivity index (χ0) is 13.7. The van der Waals surface area contributed by atoms with Gasteiger partial charge in [0.2, 0.25) is 0 Å². The monoisotopic (exact) mass is 261 g/mol. The maximum atomic E-state index is 11.9. The molecule has 0 saturated carbocycles. The number of carbonyl (C=O) groups is 1.